The lowest BCUT2D eigenvalue weighted by molar-refractivity contribution is 0.334. The first-order valence-corrected chi connectivity index (χ1v) is 8.69. The van der Waals surface area contributed by atoms with Crippen molar-refractivity contribution in [1.82, 2.24) is 15.5 Å². The van der Waals surface area contributed by atoms with Crippen molar-refractivity contribution < 1.29 is 4.52 Å². The van der Waals surface area contributed by atoms with Crippen LogP contribution in [0, 0.1) is 0 Å². The average Bonchev–Trinajstić information content (AvgIpc) is 2.78. The summed E-state index contributed by atoms with van der Waals surface area (Å²) >= 11 is 3.96. The van der Waals surface area contributed by atoms with Crippen molar-refractivity contribution in [2.75, 3.05) is 5.75 Å². The summed E-state index contributed by atoms with van der Waals surface area (Å²) in [7, 11) is 0. The van der Waals surface area contributed by atoms with Gasteiger partial charge >= 0.3 is 0 Å². The molecule has 3 unspecified atom stereocenters. The molecule has 0 radical (unpaired) electrons. The van der Waals surface area contributed by atoms with Crippen LogP contribution in [0.2, 0.25) is 0 Å². The van der Waals surface area contributed by atoms with E-state index in [2.05, 4.69) is 50.1 Å². The van der Waals surface area contributed by atoms with Gasteiger partial charge in [-0.3, -0.25) is 0 Å². The third-order valence-corrected chi connectivity index (χ3v) is 6.48. The van der Waals surface area contributed by atoms with Crippen LogP contribution in [0.15, 0.2) is 4.52 Å². The SMILES string of the molecule is CC1SCC(c2noc(CNC(C)(C)C)n2)SC1C. The summed E-state index contributed by atoms with van der Waals surface area (Å²) < 4.78 is 5.33. The largest absolute Gasteiger partial charge is 0.338 e. The molecule has 0 spiro atoms. The van der Waals surface area contributed by atoms with Crippen LogP contribution in [0.25, 0.3) is 0 Å². The minimum atomic E-state index is 0.0635. The van der Waals surface area contributed by atoms with E-state index < -0.39 is 0 Å². The second-order valence-corrected chi connectivity index (χ2v) is 9.01. The Bertz CT molecular complexity index is 416. The molecule has 0 saturated carbocycles. The van der Waals surface area contributed by atoms with E-state index in [1.54, 1.807) is 0 Å². The molecule has 0 amide bonds. The zero-order valence-electron chi connectivity index (χ0n) is 12.3. The number of hydrogen-bond donors (Lipinski definition) is 1. The molecule has 0 aliphatic carbocycles. The second kappa shape index (κ2) is 6.06. The van der Waals surface area contributed by atoms with Crippen LogP contribution in [0.4, 0.5) is 0 Å². The summed E-state index contributed by atoms with van der Waals surface area (Å²) in [6.45, 7) is 11.6. The molecule has 1 fully saturated rings. The van der Waals surface area contributed by atoms with Crippen LogP contribution < -0.4 is 5.32 Å². The van der Waals surface area contributed by atoms with Crippen LogP contribution in [0.5, 0.6) is 0 Å². The molecule has 1 N–H and O–H groups in total. The third kappa shape index (κ3) is 4.39. The zero-order valence-corrected chi connectivity index (χ0v) is 13.9. The van der Waals surface area contributed by atoms with Crippen LogP contribution in [0.3, 0.4) is 0 Å². The van der Waals surface area contributed by atoms with E-state index >= 15 is 0 Å². The van der Waals surface area contributed by atoms with Gasteiger partial charge in [0.25, 0.3) is 0 Å². The van der Waals surface area contributed by atoms with E-state index in [-0.39, 0.29) is 5.54 Å². The molecule has 1 aromatic rings. The van der Waals surface area contributed by atoms with Crippen LogP contribution in [-0.2, 0) is 6.54 Å². The fourth-order valence-corrected chi connectivity index (χ4v) is 4.56. The molecule has 2 heterocycles. The third-order valence-electron chi connectivity index (χ3n) is 3.09. The monoisotopic (exact) mass is 301 g/mol. The maximum atomic E-state index is 5.33. The van der Waals surface area contributed by atoms with Crippen molar-refractivity contribution >= 4 is 23.5 Å². The summed E-state index contributed by atoms with van der Waals surface area (Å²) in [5.74, 6) is 2.60. The molecular formula is C13H23N3OS2. The minimum absolute atomic E-state index is 0.0635. The van der Waals surface area contributed by atoms with Gasteiger partial charge in [-0.25, -0.2) is 0 Å². The second-order valence-electron chi connectivity index (χ2n) is 6.02. The Labute approximate surface area is 123 Å². The molecule has 1 aromatic heterocycles. The van der Waals surface area contributed by atoms with Gasteiger partial charge in [0.15, 0.2) is 5.82 Å². The summed E-state index contributed by atoms with van der Waals surface area (Å²) in [4.78, 5) is 4.52. The van der Waals surface area contributed by atoms with Crippen molar-refractivity contribution in [3.63, 3.8) is 0 Å². The minimum Gasteiger partial charge on any atom is -0.338 e. The quantitative estimate of drug-likeness (QED) is 0.925. The van der Waals surface area contributed by atoms with Crippen molar-refractivity contribution in [3.8, 4) is 0 Å². The standard InChI is InChI=1S/C13H23N3OS2/c1-8-9(2)19-10(7-18-8)12-15-11(17-16-12)6-14-13(3,4)5/h8-10,14H,6-7H2,1-5H3. The van der Waals surface area contributed by atoms with E-state index in [1.165, 1.54) is 0 Å². The van der Waals surface area contributed by atoms with Crippen LogP contribution in [0.1, 0.15) is 51.6 Å². The van der Waals surface area contributed by atoms with Crippen LogP contribution >= 0.6 is 23.5 Å². The van der Waals surface area contributed by atoms with Gasteiger partial charge < -0.3 is 9.84 Å². The van der Waals surface area contributed by atoms with Crippen molar-refractivity contribution in [1.29, 1.82) is 0 Å². The highest BCUT2D eigenvalue weighted by molar-refractivity contribution is 8.07. The van der Waals surface area contributed by atoms with E-state index in [1.807, 2.05) is 23.5 Å². The summed E-state index contributed by atoms with van der Waals surface area (Å²) in [6, 6.07) is 0. The van der Waals surface area contributed by atoms with Gasteiger partial charge in [-0.05, 0) is 20.8 Å². The molecule has 1 saturated heterocycles. The molecule has 108 valence electrons. The molecular weight excluding hydrogens is 278 g/mol. The molecule has 1 aliphatic heterocycles. The number of thioether (sulfide) groups is 2. The summed E-state index contributed by atoms with van der Waals surface area (Å²) in [5.41, 5.74) is 0.0635. The Kier molecular flexibility index (Phi) is 4.84. The zero-order chi connectivity index (χ0) is 14.0. The van der Waals surface area contributed by atoms with Gasteiger partial charge in [0.1, 0.15) is 0 Å². The Morgan fingerprint density at radius 3 is 2.68 bits per heavy atom. The highest BCUT2D eigenvalue weighted by Gasteiger charge is 2.29. The Morgan fingerprint density at radius 2 is 2.05 bits per heavy atom. The summed E-state index contributed by atoms with van der Waals surface area (Å²) in [5, 5.41) is 9.21. The molecule has 3 atom stereocenters. The highest BCUT2D eigenvalue weighted by atomic mass is 32.2. The highest BCUT2D eigenvalue weighted by Crippen LogP contribution is 2.43. The lowest BCUT2D eigenvalue weighted by Crippen LogP contribution is -2.35. The smallest absolute Gasteiger partial charge is 0.240 e. The lowest BCUT2D eigenvalue weighted by Gasteiger charge is -2.29. The number of hydrogen-bond acceptors (Lipinski definition) is 6. The lowest BCUT2D eigenvalue weighted by atomic mass is 10.1. The molecule has 0 aromatic carbocycles. The average molecular weight is 301 g/mol. The number of nitrogens with zero attached hydrogens (tertiary/aromatic N) is 2. The maximum absolute atomic E-state index is 5.33. The summed E-state index contributed by atoms with van der Waals surface area (Å²) in [6.07, 6.45) is 0. The fraction of sp³-hybridized carbons (Fsp3) is 0.846. The van der Waals surface area contributed by atoms with E-state index in [4.69, 9.17) is 4.52 Å². The van der Waals surface area contributed by atoms with Crippen molar-refractivity contribution in [2.24, 2.45) is 0 Å². The van der Waals surface area contributed by atoms with Crippen LogP contribution in [-0.4, -0.2) is 31.9 Å². The van der Waals surface area contributed by atoms with Gasteiger partial charge in [-0.15, -0.1) is 11.8 Å². The van der Waals surface area contributed by atoms with E-state index in [0.717, 1.165) is 11.6 Å². The Hall–Kier alpha value is -0.200. The first-order valence-electron chi connectivity index (χ1n) is 6.70. The predicted octanol–water partition coefficient (Wildman–Crippen LogP) is 3.26. The first kappa shape index (κ1) is 15.2. The van der Waals surface area contributed by atoms with Gasteiger partial charge in [-0.2, -0.15) is 16.7 Å². The topological polar surface area (TPSA) is 51.0 Å². The predicted molar refractivity (Wildman–Crippen MR) is 82.6 cm³/mol. The van der Waals surface area contributed by atoms with Gasteiger partial charge in [0.05, 0.1) is 11.8 Å². The number of aromatic nitrogens is 2. The Balaban J connectivity index is 1.93. The van der Waals surface area contributed by atoms with E-state index in [9.17, 15) is 0 Å². The normalized spacial score (nSPS) is 28.6. The van der Waals surface area contributed by atoms with E-state index in [0.29, 0.717) is 28.2 Å². The van der Waals surface area contributed by atoms with Gasteiger partial charge in [-0.1, -0.05) is 19.0 Å². The van der Waals surface area contributed by atoms with Crippen molar-refractivity contribution in [2.45, 2.75) is 62.5 Å². The number of rotatable bonds is 3. The molecule has 4 nitrogen and oxygen atoms in total. The van der Waals surface area contributed by atoms with Crippen molar-refractivity contribution in [3.05, 3.63) is 11.7 Å². The first-order chi connectivity index (χ1) is 8.85. The van der Waals surface area contributed by atoms with Gasteiger partial charge in [0, 0.05) is 21.8 Å². The fourth-order valence-electron chi connectivity index (χ4n) is 1.73. The number of nitrogens with one attached hydrogen (secondary N) is 1. The molecule has 6 heteroatoms. The van der Waals surface area contributed by atoms with Gasteiger partial charge in [0.2, 0.25) is 5.89 Å². The maximum Gasteiger partial charge on any atom is 0.240 e. The molecule has 0 bridgehead atoms. The molecule has 1 aliphatic rings. The Morgan fingerprint density at radius 1 is 1.32 bits per heavy atom. The molecule has 19 heavy (non-hydrogen) atoms. The molecule has 2 rings (SSSR count).